The summed E-state index contributed by atoms with van der Waals surface area (Å²) in [5.74, 6) is 1.91. The summed E-state index contributed by atoms with van der Waals surface area (Å²) in [6.07, 6.45) is 13.9. The van der Waals surface area contributed by atoms with Gasteiger partial charge in [-0.2, -0.15) is 0 Å². The van der Waals surface area contributed by atoms with Gasteiger partial charge in [0, 0.05) is 18.8 Å². The lowest BCUT2D eigenvalue weighted by Crippen LogP contribution is -2.55. The molecule has 4 rings (SSSR count). The van der Waals surface area contributed by atoms with Crippen LogP contribution in [0.3, 0.4) is 0 Å². The van der Waals surface area contributed by atoms with Crippen LogP contribution in [0.4, 0.5) is 0 Å². The smallest absolute Gasteiger partial charge is 0.302 e. The molecule has 3 heteroatoms. The SMILES string of the molecule is CC(=O)O[C@H]1CC[C@]2(C)C3=C(CCC2C1(C)C)[C@]1(C)CC[C@H]([C@H](C)CCCC=O)[C@@]1(C)CC3. The molecular weight excluding hydrogens is 408 g/mol. The zero-order valence-corrected chi connectivity index (χ0v) is 22.4. The molecule has 0 N–H and O–H groups in total. The average molecular weight is 457 g/mol. The second kappa shape index (κ2) is 8.52. The van der Waals surface area contributed by atoms with Crippen molar-refractivity contribution in [2.24, 2.45) is 39.4 Å². The third-order valence-corrected chi connectivity index (χ3v) is 11.7. The second-order valence-electron chi connectivity index (χ2n) is 13.4. The van der Waals surface area contributed by atoms with Crippen molar-refractivity contribution in [2.75, 3.05) is 0 Å². The molecule has 0 aromatic heterocycles. The molecule has 0 heterocycles. The van der Waals surface area contributed by atoms with Gasteiger partial charge in [0.2, 0.25) is 0 Å². The Labute approximate surface area is 202 Å². The number of carbonyl (C=O) groups excluding carboxylic acids is 2. The molecule has 2 fully saturated rings. The van der Waals surface area contributed by atoms with Crippen molar-refractivity contribution in [3.05, 3.63) is 11.1 Å². The summed E-state index contributed by atoms with van der Waals surface area (Å²) in [6.45, 7) is 16.5. The monoisotopic (exact) mass is 456 g/mol. The van der Waals surface area contributed by atoms with E-state index in [9.17, 15) is 9.59 Å². The van der Waals surface area contributed by atoms with Crippen molar-refractivity contribution in [1.82, 2.24) is 0 Å². The van der Waals surface area contributed by atoms with Gasteiger partial charge in [-0.1, -0.05) is 59.1 Å². The first-order valence-electron chi connectivity index (χ1n) is 13.8. The fourth-order valence-electron chi connectivity index (χ4n) is 9.75. The Balaban J connectivity index is 1.64. The van der Waals surface area contributed by atoms with Crippen molar-refractivity contribution in [2.45, 2.75) is 125 Å². The maximum absolute atomic E-state index is 11.8. The summed E-state index contributed by atoms with van der Waals surface area (Å²) in [4.78, 5) is 22.6. The molecule has 7 atom stereocenters. The number of hydrogen-bond donors (Lipinski definition) is 0. The quantitative estimate of drug-likeness (QED) is 0.178. The molecule has 0 aromatic rings. The summed E-state index contributed by atoms with van der Waals surface area (Å²) in [5.41, 5.74) is 4.56. The molecular formula is C30H48O3. The molecule has 33 heavy (non-hydrogen) atoms. The third kappa shape index (κ3) is 3.66. The van der Waals surface area contributed by atoms with E-state index in [1.54, 1.807) is 12.5 Å². The predicted molar refractivity (Wildman–Crippen MR) is 134 cm³/mol. The lowest BCUT2D eigenvalue weighted by Gasteiger charge is -2.62. The maximum Gasteiger partial charge on any atom is 0.302 e. The van der Waals surface area contributed by atoms with E-state index in [0.717, 1.165) is 31.5 Å². The summed E-state index contributed by atoms with van der Waals surface area (Å²) < 4.78 is 5.85. The highest BCUT2D eigenvalue weighted by Gasteiger charge is 2.63. The number of allylic oxidation sites excluding steroid dienone is 2. The van der Waals surface area contributed by atoms with E-state index >= 15 is 0 Å². The first-order valence-corrected chi connectivity index (χ1v) is 13.8. The zero-order chi connectivity index (χ0) is 24.2. The molecule has 0 spiro atoms. The van der Waals surface area contributed by atoms with Crippen molar-refractivity contribution in [3.8, 4) is 0 Å². The molecule has 1 unspecified atom stereocenters. The van der Waals surface area contributed by atoms with Crippen LogP contribution in [0.25, 0.3) is 0 Å². The third-order valence-electron chi connectivity index (χ3n) is 11.7. The number of unbranched alkanes of at least 4 members (excludes halogenated alkanes) is 1. The Hall–Kier alpha value is -1.12. The first-order chi connectivity index (χ1) is 15.4. The van der Waals surface area contributed by atoms with E-state index < -0.39 is 0 Å². The Kier molecular flexibility index (Phi) is 6.45. The summed E-state index contributed by atoms with van der Waals surface area (Å²) in [5, 5.41) is 0. The number of fused-ring (bicyclic) bond motifs is 4. The number of esters is 1. The molecule has 0 bridgehead atoms. The Bertz CT molecular complexity index is 824. The van der Waals surface area contributed by atoms with Gasteiger partial charge in [-0.05, 0) is 91.8 Å². The minimum absolute atomic E-state index is 0.0180. The van der Waals surface area contributed by atoms with E-state index in [1.165, 1.54) is 44.9 Å². The van der Waals surface area contributed by atoms with Crippen LogP contribution < -0.4 is 0 Å². The summed E-state index contributed by atoms with van der Waals surface area (Å²) >= 11 is 0. The summed E-state index contributed by atoms with van der Waals surface area (Å²) in [7, 11) is 0. The highest BCUT2D eigenvalue weighted by atomic mass is 16.5. The largest absolute Gasteiger partial charge is 0.462 e. The molecule has 0 radical (unpaired) electrons. The van der Waals surface area contributed by atoms with Gasteiger partial charge < -0.3 is 9.53 Å². The second-order valence-corrected chi connectivity index (χ2v) is 13.4. The lowest BCUT2D eigenvalue weighted by atomic mass is 9.43. The summed E-state index contributed by atoms with van der Waals surface area (Å²) in [6, 6.07) is 0. The highest BCUT2D eigenvalue weighted by Crippen LogP contribution is 2.72. The molecule has 4 aliphatic rings. The number of carbonyl (C=O) groups is 2. The van der Waals surface area contributed by atoms with E-state index in [-0.39, 0.29) is 22.9 Å². The molecule has 0 saturated heterocycles. The number of aldehydes is 1. The van der Waals surface area contributed by atoms with Gasteiger partial charge >= 0.3 is 5.97 Å². The van der Waals surface area contributed by atoms with Crippen molar-refractivity contribution in [3.63, 3.8) is 0 Å². The van der Waals surface area contributed by atoms with E-state index in [1.807, 2.05) is 5.57 Å². The van der Waals surface area contributed by atoms with Crippen LogP contribution in [-0.2, 0) is 14.3 Å². The number of rotatable bonds is 6. The minimum Gasteiger partial charge on any atom is -0.462 e. The first kappa shape index (κ1) is 25.0. The minimum atomic E-state index is -0.132. The topological polar surface area (TPSA) is 43.4 Å². The van der Waals surface area contributed by atoms with Crippen LogP contribution in [0.5, 0.6) is 0 Å². The molecule has 3 nitrogen and oxygen atoms in total. The predicted octanol–water partition coefficient (Wildman–Crippen LogP) is 7.67. The number of hydrogen-bond acceptors (Lipinski definition) is 3. The Morgan fingerprint density at radius 2 is 1.76 bits per heavy atom. The number of ether oxygens (including phenoxy) is 1. The van der Waals surface area contributed by atoms with Gasteiger partial charge in [0.25, 0.3) is 0 Å². The van der Waals surface area contributed by atoms with Crippen LogP contribution in [0.15, 0.2) is 11.1 Å². The maximum atomic E-state index is 11.8. The lowest BCUT2D eigenvalue weighted by molar-refractivity contribution is -0.167. The fourth-order valence-corrected chi connectivity index (χ4v) is 9.75. The van der Waals surface area contributed by atoms with Crippen molar-refractivity contribution in [1.29, 1.82) is 0 Å². The van der Waals surface area contributed by atoms with Gasteiger partial charge in [0.1, 0.15) is 12.4 Å². The van der Waals surface area contributed by atoms with Crippen molar-refractivity contribution >= 4 is 12.3 Å². The van der Waals surface area contributed by atoms with Gasteiger partial charge in [0.05, 0.1) is 0 Å². The highest BCUT2D eigenvalue weighted by molar-refractivity contribution is 5.66. The van der Waals surface area contributed by atoms with Crippen LogP contribution in [-0.4, -0.2) is 18.4 Å². The van der Waals surface area contributed by atoms with E-state index in [0.29, 0.717) is 29.1 Å². The Morgan fingerprint density at radius 1 is 1.03 bits per heavy atom. The van der Waals surface area contributed by atoms with Crippen LogP contribution >= 0.6 is 0 Å². The average Bonchev–Trinajstić information content (AvgIpc) is 3.02. The molecule has 0 amide bonds. The van der Waals surface area contributed by atoms with Crippen LogP contribution in [0.2, 0.25) is 0 Å². The van der Waals surface area contributed by atoms with Gasteiger partial charge in [-0.15, -0.1) is 0 Å². The van der Waals surface area contributed by atoms with Crippen molar-refractivity contribution < 1.29 is 14.3 Å². The van der Waals surface area contributed by atoms with Gasteiger partial charge in [-0.25, -0.2) is 0 Å². The molecule has 186 valence electrons. The van der Waals surface area contributed by atoms with E-state index in [2.05, 4.69) is 41.5 Å². The molecule has 0 aliphatic heterocycles. The fraction of sp³-hybridized carbons (Fsp3) is 0.867. The van der Waals surface area contributed by atoms with Gasteiger partial charge in [0.15, 0.2) is 0 Å². The van der Waals surface area contributed by atoms with Crippen LogP contribution in [0, 0.1) is 39.4 Å². The normalized spacial score (nSPS) is 42.7. The molecule has 0 aromatic carbocycles. The van der Waals surface area contributed by atoms with Crippen LogP contribution in [0.1, 0.15) is 119 Å². The Morgan fingerprint density at radius 3 is 2.42 bits per heavy atom. The zero-order valence-electron chi connectivity index (χ0n) is 22.4. The molecule has 4 aliphatic carbocycles. The van der Waals surface area contributed by atoms with E-state index in [4.69, 9.17) is 4.74 Å². The molecule has 2 saturated carbocycles. The van der Waals surface area contributed by atoms with Gasteiger partial charge in [-0.3, -0.25) is 4.79 Å². The standard InChI is InChI=1S/C30H48O3/c1-20(10-8-9-19-31)22-13-17-30(7)24-11-12-25-27(3,4)26(33-21(2)32)15-16-28(25,5)23(24)14-18-29(22,30)6/h19-20,22,25-26H,8-18H2,1-7H3/t20-,22-,25?,26+,28-,29-,30+/m1/s1.